The Balaban J connectivity index is 2.30. The highest BCUT2D eigenvalue weighted by atomic mass is 15.1. The first-order chi connectivity index (χ1) is 9.36. The van der Waals surface area contributed by atoms with Gasteiger partial charge < -0.3 is 4.90 Å². The molecule has 3 nitrogen and oxygen atoms in total. The smallest absolute Gasteiger partial charge is 0.104 e. The van der Waals surface area contributed by atoms with Crippen LogP contribution in [0.4, 0.5) is 0 Å². The van der Waals surface area contributed by atoms with Gasteiger partial charge in [-0.25, -0.2) is 0 Å². The summed E-state index contributed by atoms with van der Waals surface area (Å²) in [5.74, 6) is 0.914. The molecule has 0 spiro atoms. The maximum absolute atomic E-state index is 9.35. The maximum atomic E-state index is 9.35. The minimum Gasteiger partial charge on any atom is -0.303 e. The summed E-state index contributed by atoms with van der Waals surface area (Å²) in [5, 5.41) is 12.7. The molecule has 1 aliphatic rings. The molecule has 1 atom stereocenters. The van der Waals surface area contributed by atoms with Gasteiger partial charge >= 0.3 is 0 Å². The molecule has 1 rings (SSSR count). The van der Waals surface area contributed by atoms with Crippen LogP contribution < -0.4 is 5.32 Å². The molecular formula is C17H33N3. The molecule has 1 unspecified atom stereocenters. The van der Waals surface area contributed by atoms with Gasteiger partial charge in [0.25, 0.3) is 0 Å². The number of hydrogen-bond acceptors (Lipinski definition) is 3. The van der Waals surface area contributed by atoms with Gasteiger partial charge in [0, 0.05) is 12.1 Å². The number of nitrogens with zero attached hydrogens (tertiary/aromatic N) is 2. The zero-order valence-electron chi connectivity index (χ0n) is 14.1. The van der Waals surface area contributed by atoms with Crippen molar-refractivity contribution < 1.29 is 0 Å². The van der Waals surface area contributed by atoms with Crippen LogP contribution in [0.1, 0.15) is 66.2 Å². The molecule has 0 aromatic heterocycles. The summed E-state index contributed by atoms with van der Waals surface area (Å²) in [6.45, 7) is 9.70. The largest absolute Gasteiger partial charge is 0.303 e. The topological polar surface area (TPSA) is 39.1 Å². The van der Waals surface area contributed by atoms with Gasteiger partial charge in [0.1, 0.15) is 5.54 Å². The first-order valence-electron chi connectivity index (χ1n) is 8.25. The van der Waals surface area contributed by atoms with Gasteiger partial charge in [0.15, 0.2) is 0 Å². The van der Waals surface area contributed by atoms with Gasteiger partial charge in [-0.15, -0.1) is 0 Å². The molecular weight excluding hydrogens is 246 g/mol. The molecule has 1 N–H and O–H groups in total. The van der Waals surface area contributed by atoms with E-state index in [1.807, 2.05) is 6.92 Å². The Hall–Kier alpha value is -0.590. The van der Waals surface area contributed by atoms with Crippen molar-refractivity contribution >= 4 is 0 Å². The molecule has 0 heterocycles. The number of rotatable bonds is 7. The Morgan fingerprint density at radius 3 is 2.40 bits per heavy atom. The molecule has 0 radical (unpaired) electrons. The van der Waals surface area contributed by atoms with E-state index in [-0.39, 0.29) is 5.54 Å². The SMILES string of the molecule is CC1CCC(N(C)CCCC(C)(C#N)NC(C)C)CC1. The lowest BCUT2D eigenvalue weighted by Crippen LogP contribution is -2.45. The lowest BCUT2D eigenvalue weighted by molar-refractivity contribution is 0.164. The molecule has 0 aromatic rings. The summed E-state index contributed by atoms with van der Waals surface area (Å²) in [6.07, 6.45) is 7.45. The second kappa shape index (κ2) is 8.00. The first-order valence-corrected chi connectivity index (χ1v) is 8.25. The summed E-state index contributed by atoms with van der Waals surface area (Å²) in [6, 6.07) is 3.56. The molecule has 3 heteroatoms. The van der Waals surface area contributed by atoms with Gasteiger partial charge in [-0.1, -0.05) is 6.92 Å². The summed E-state index contributed by atoms with van der Waals surface area (Å²) < 4.78 is 0. The highest BCUT2D eigenvalue weighted by Crippen LogP contribution is 2.26. The molecule has 0 amide bonds. The minimum absolute atomic E-state index is 0.359. The van der Waals surface area contributed by atoms with E-state index < -0.39 is 0 Å². The molecule has 0 aliphatic heterocycles. The van der Waals surface area contributed by atoms with Crippen molar-refractivity contribution in [1.82, 2.24) is 10.2 Å². The standard InChI is InChI=1S/C17H33N3/c1-14(2)19-17(4,13-18)11-6-12-20(5)16-9-7-15(3)8-10-16/h14-16,19H,6-12H2,1-5H3. The normalized spacial score (nSPS) is 26.5. The van der Waals surface area contributed by atoms with Crippen molar-refractivity contribution in [2.45, 2.75) is 83.8 Å². The third-order valence-corrected chi connectivity index (χ3v) is 4.65. The minimum atomic E-state index is -0.379. The van der Waals surface area contributed by atoms with E-state index in [1.54, 1.807) is 0 Å². The van der Waals surface area contributed by atoms with Crippen LogP contribution in [0.5, 0.6) is 0 Å². The van der Waals surface area contributed by atoms with Crippen LogP contribution in [-0.2, 0) is 0 Å². The molecule has 0 bridgehead atoms. The van der Waals surface area contributed by atoms with Crippen molar-refractivity contribution in [2.24, 2.45) is 5.92 Å². The van der Waals surface area contributed by atoms with E-state index in [9.17, 15) is 5.26 Å². The Morgan fingerprint density at radius 2 is 1.90 bits per heavy atom. The van der Waals surface area contributed by atoms with Crippen LogP contribution in [0.15, 0.2) is 0 Å². The zero-order chi connectivity index (χ0) is 15.2. The van der Waals surface area contributed by atoms with E-state index in [2.05, 4.69) is 44.1 Å². The summed E-state index contributed by atoms with van der Waals surface area (Å²) in [7, 11) is 2.25. The van der Waals surface area contributed by atoms with Crippen molar-refractivity contribution in [2.75, 3.05) is 13.6 Å². The predicted octanol–water partition coefficient (Wildman–Crippen LogP) is 3.56. The van der Waals surface area contributed by atoms with Crippen LogP contribution in [0.25, 0.3) is 0 Å². The number of hydrogen-bond donors (Lipinski definition) is 1. The van der Waals surface area contributed by atoms with E-state index in [0.717, 1.165) is 31.3 Å². The Kier molecular flexibility index (Phi) is 6.99. The molecule has 116 valence electrons. The van der Waals surface area contributed by atoms with Gasteiger partial charge in [0.05, 0.1) is 6.07 Å². The van der Waals surface area contributed by atoms with Gasteiger partial charge in [-0.05, 0) is 78.8 Å². The highest BCUT2D eigenvalue weighted by Gasteiger charge is 2.25. The second-order valence-electron chi connectivity index (χ2n) is 7.24. The molecule has 0 aromatic carbocycles. The monoisotopic (exact) mass is 279 g/mol. The molecule has 0 saturated heterocycles. The molecule has 1 aliphatic carbocycles. The lowest BCUT2D eigenvalue weighted by Gasteiger charge is -2.34. The fourth-order valence-electron chi connectivity index (χ4n) is 3.35. The van der Waals surface area contributed by atoms with Crippen LogP contribution >= 0.6 is 0 Å². The van der Waals surface area contributed by atoms with Gasteiger partial charge in [-0.2, -0.15) is 5.26 Å². The van der Waals surface area contributed by atoms with Crippen LogP contribution in [-0.4, -0.2) is 36.1 Å². The number of nitriles is 1. The fourth-order valence-corrected chi connectivity index (χ4v) is 3.35. The summed E-state index contributed by atoms with van der Waals surface area (Å²) >= 11 is 0. The van der Waals surface area contributed by atoms with Gasteiger partial charge in [0.2, 0.25) is 0 Å². The van der Waals surface area contributed by atoms with Crippen LogP contribution in [0.3, 0.4) is 0 Å². The van der Waals surface area contributed by atoms with Crippen molar-refractivity contribution in [3.05, 3.63) is 0 Å². The zero-order valence-corrected chi connectivity index (χ0v) is 14.1. The summed E-state index contributed by atoms with van der Waals surface area (Å²) in [4.78, 5) is 2.51. The van der Waals surface area contributed by atoms with E-state index in [1.165, 1.54) is 25.7 Å². The van der Waals surface area contributed by atoms with E-state index >= 15 is 0 Å². The van der Waals surface area contributed by atoms with Crippen LogP contribution in [0, 0.1) is 17.2 Å². The lowest BCUT2D eigenvalue weighted by atomic mass is 9.86. The molecule has 1 saturated carbocycles. The maximum Gasteiger partial charge on any atom is 0.104 e. The van der Waals surface area contributed by atoms with Gasteiger partial charge in [-0.3, -0.25) is 5.32 Å². The average Bonchev–Trinajstić information content (AvgIpc) is 2.38. The Bertz CT molecular complexity index is 313. The second-order valence-corrected chi connectivity index (χ2v) is 7.24. The molecule has 1 fully saturated rings. The first kappa shape index (κ1) is 17.5. The highest BCUT2D eigenvalue weighted by molar-refractivity contribution is 5.04. The van der Waals surface area contributed by atoms with Crippen molar-refractivity contribution in [1.29, 1.82) is 5.26 Å². The average molecular weight is 279 g/mol. The Morgan fingerprint density at radius 1 is 1.30 bits per heavy atom. The number of nitrogens with one attached hydrogen (secondary N) is 1. The quantitative estimate of drug-likeness (QED) is 0.774. The third-order valence-electron chi connectivity index (χ3n) is 4.65. The molecule has 20 heavy (non-hydrogen) atoms. The predicted molar refractivity (Wildman–Crippen MR) is 85.6 cm³/mol. The van der Waals surface area contributed by atoms with Crippen LogP contribution in [0.2, 0.25) is 0 Å². The fraction of sp³-hybridized carbons (Fsp3) is 0.941. The third kappa shape index (κ3) is 5.81. The Labute approximate surface area is 125 Å². The van der Waals surface area contributed by atoms with Crippen molar-refractivity contribution in [3.8, 4) is 6.07 Å². The van der Waals surface area contributed by atoms with E-state index in [0.29, 0.717) is 6.04 Å². The van der Waals surface area contributed by atoms with Crippen molar-refractivity contribution in [3.63, 3.8) is 0 Å². The van der Waals surface area contributed by atoms with E-state index in [4.69, 9.17) is 0 Å². The summed E-state index contributed by atoms with van der Waals surface area (Å²) in [5.41, 5.74) is -0.379.